The van der Waals surface area contributed by atoms with Gasteiger partial charge in [-0.05, 0) is 64.1 Å². The lowest BCUT2D eigenvalue weighted by molar-refractivity contribution is 0.477. The predicted molar refractivity (Wildman–Crippen MR) is 141 cm³/mol. The fourth-order valence-electron chi connectivity index (χ4n) is 4.77. The summed E-state index contributed by atoms with van der Waals surface area (Å²) < 4.78 is 1.91. The molecule has 0 fully saturated rings. The zero-order valence-corrected chi connectivity index (χ0v) is 19.9. The number of fused-ring (bicyclic) bond motifs is 1. The van der Waals surface area contributed by atoms with Crippen LogP contribution in [-0.4, -0.2) is 14.7 Å². The molecule has 0 radical (unpaired) electrons. The Hall–Kier alpha value is -4.25. The highest BCUT2D eigenvalue weighted by atomic mass is 16.3. The fraction of sp³-hybridized carbons (Fsp3) is 0.138. The van der Waals surface area contributed by atoms with Crippen molar-refractivity contribution in [2.45, 2.75) is 27.7 Å². The van der Waals surface area contributed by atoms with Crippen molar-refractivity contribution in [1.82, 2.24) is 9.55 Å². The Labute approximate surface area is 200 Å². The zero-order valence-electron chi connectivity index (χ0n) is 19.9. The number of benzene rings is 3. The van der Waals surface area contributed by atoms with Crippen molar-refractivity contribution >= 4 is 28.6 Å². The molecule has 4 aromatic rings. The average Bonchev–Trinajstić information content (AvgIpc) is 3.22. The SMILES string of the molecule is C=Cn1c(-c2ccc(N3C(C)=C(C)N(c4ccccc4)C(C)=C3C)cc2O)nc2ccccc21. The van der Waals surface area contributed by atoms with Crippen LogP contribution in [0.2, 0.25) is 0 Å². The predicted octanol–water partition coefficient (Wildman–Crippen LogP) is 7.34. The molecule has 3 aromatic carbocycles. The Kier molecular flexibility index (Phi) is 5.25. The van der Waals surface area contributed by atoms with Crippen LogP contribution in [0.1, 0.15) is 27.7 Å². The summed E-state index contributed by atoms with van der Waals surface area (Å²) in [6.07, 6.45) is 1.73. The number of aromatic nitrogens is 2. The molecule has 5 heteroatoms. The van der Waals surface area contributed by atoms with E-state index in [2.05, 4.69) is 68.3 Å². The van der Waals surface area contributed by atoms with Crippen molar-refractivity contribution in [3.05, 3.63) is 102 Å². The lowest BCUT2D eigenvalue weighted by atomic mass is 10.1. The smallest absolute Gasteiger partial charge is 0.148 e. The monoisotopic (exact) mass is 448 g/mol. The summed E-state index contributed by atoms with van der Waals surface area (Å²) in [7, 11) is 0. The molecule has 1 N–H and O–H groups in total. The minimum atomic E-state index is 0.178. The van der Waals surface area contributed by atoms with E-state index < -0.39 is 0 Å². The topological polar surface area (TPSA) is 44.5 Å². The molecule has 0 bridgehead atoms. The van der Waals surface area contributed by atoms with Crippen molar-refractivity contribution < 1.29 is 5.11 Å². The van der Waals surface area contributed by atoms with Crippen molar-refractivity contribution in [2.24, 2.45) is 0 Å². The zero-order chi connectivity index (χ0) is 24.0. The van der Waals surface area contributed by atoms with E-state index in [1.54, 1.807) is 6.20 Å². The maximum absolute atomic E-state index is 11.1. The number of hydrogen-bond acceptors (Lipinski definition) is 4. The Bertz CT molecular complexity index is 1450. The van der Waals surface area contributed by atoms with Gasteiger partial charge in [0.15, 0.2) is 0 Å². The molecule has 0 atom stereocenters. The molecular weight excluding hydrogens is 420 g/mol. The number of aromatic hydroxyl groups is 1. The molecule has 5 nitrogen and oxygen atoms in total. The normalized spacial score (nSPS) is 14.4. The summed E-state index contributed by atoms with van der Waals surface area (Å²) in [5.41, 5.74) is 9.03. The van der Waals surface area contributed by atoms with Crippen molar-refractivity contribution in [3.8, 4) is 17.1 Å². The average molecular weight is 449 g/mol. The fourth-order valence-corrected chi connectivity index (χ4v) is 4.77. The molecule has 0 spiro atoms. The summed E-state index contributed by atoms with van der Waals surface area (Å²) in [5.74, 6) is 0.846. The standard InChI is InChI=1S/C29H28N4O/c1-6-31-27-15-11-10-14-26(27)30-29(31)25-17-16-24(18-28(25)34)33-21(4)19(2)32(20(3)22(33)5)23-12-8-7-9-13-23/h6-18,34H,1H2,2-5H3. The first-order chi connectivity index (χ1) is 16.4. The van der Waals surface area contributed by atoms with Crippen LogP contribution in [0.15, 0.2) is 102 Å². The van der Waals surface area contributed by atoms with Crippen LogP contribution < -0.4 is 9.80 Å². The highest BCUT2D eigenvalue weighted by molar-refractivity contribution is 5.85. The van der Waals surface area contributed by atoms with Gasteiger partial charge in [0, 0.05) is 46.4 Å². The molecule has 0 unspecified atom stereocenters. The van der Waals surface area contributed by atoms with Gasteiger partial charge in [0.25, 0.3) is 0 Å². The summed E-state index contributed by atoms with van der Waals surface area (Å²) >= 11 is 0. The van der Waals surface area contributed by atoms with Crippen molar-refractivity contribution in [3.63, 3.8) is 0 Å². The van der Waals surface area contributed by atoms with Gasteiger partial charge in [-0.2, -0.15) is 0 Å². The molecule has 5 rings (SSSR count). The molecule has 1 aliphatic rings. The number of anilines is 2. The van der Waals surface area contributed by atoms with E-state index in [0.717, 1.165) is 45.2 Å². The maximum Gasteiger partial charge on any atom is 0.148 e. The van der Waals surface area contributed by atoms with E-state index in [1.807, 2.05) is 53.1 Å². The molecular formula is C29H28N4O. The second-order valence-corrected chi connectivity index (χ2v) is 8.53. The lowest BCUT2D eigenvalue weighted by Crippen LogP contribution is -2.34. The first-order valence-corrected chi connectivity index (χ1v) is 11.4. The first-order valence-electron chi connectivity index (χ1n) is 11.4. The molecule has 34 heavy (non-hydrogen) atoms. The van der Waals surface area contributed by atoms with E-state index in [0.29, 0.717) is 11.4 Å². The molecule has 0 saturated carbocycles. The van der Waals surface area contributed by atoms with Crippen LogP contribution in [0.25, 0.3) is 28.6 Å². The molecule has 170 valence electrons. The Balaban J connectivity index is 1.58. The van der Waals surface area contributed by atoms with E-state index in [4.69, 9.17) is 4.98 Å². The van der Waals surface area contributed by atoms with Crippen molar-refractivity contribution in [2.75, 3.05) is 9.80 Å². The third-order valence-corrected chi connectivity index (χ3v) is 6.66. The number of para-hydroxylation sites is 3. The van der Waals surface area contributed by atoms with Crippen LogP contribution >= 0.6 is 0 Å². The summed E-state index contributed by atoms with van der Waals surface area (Å²) in [5, 5.41) is 11.1. The second-order valence-electron chi connectivity index (χ2n) is 8.53. The number of allylic oxidation sites excluding steroid dienone is 4. The molecule has 0 aliphatic carbocycles. The van der Waals surface area contributed by atoms with Gasteiger partial charge in [-0.15, -0.1) is 0 Å². The molecule has 0 amide bonds. The highest BCUT2D eigenvalue weighted by Crippen LogP contribution is 2.40. The van der Waals surface area contributed by atoms with Crippen LogP contribution in [-0.2, 0) is 0 Å². The lowest BCUT2D eigenvalue weighted by Gasteiger charge is -2.40. The van der Waals surface area contributed by atoms with Gasteiger partial charge in [0.1, 0.15) is 11.6 Å². The molecule has 1 aromatic heterocycles. The summed E-state index contributed by atoms with van der Waals surface area (Å²) in [6, 6.07) is 24.1. The number of rotatable bonds is 4. The minimum absolute atomic E-state index is 0.178. The van der Waals surface area contributed by atoms with Gasteiger partial charge in [-0.25, -0.2) is 4.98 Å². The minimum Gasteiger partial charge on any atom is -0.507 e. The van der Waals surface area contributed by atoms with E-state index >= 15 is 0 Å². The van der Waals surface area contributed by atoms with Gasteiger partial charge >= 0.3 is 0 Å². The molecule has 0 saturated heterocycles. The summed E-state index contributed by atoms with van der Waals surface area (Å²) in [6.45, 7) is 12.4. The Morgan fingerprint density at radius 2 is 1.32 bits per heavy atom. The third kappa shape index (κ3) is 3.28. The Morgan fingerprint density at radius 1 is 0.735 bits per heavy atom. The third-order valence-electron chi connectivity index (χ3n) is 6.66. The maximum atomic E-state index is 11.1. The quantitative estimate of drug-likeness (QED) is 0.355. The van der Waals surface area contributed by atoms with E-state index in [1.165, 1.54) is 0 Å². The molecule has 1 aliphatic heterocycles. The number of hydrogen-bond donors (Lipinski definition) is 1. The van der Waals surface area contributed by atoms with E-state index in [-0.39, 0.29) is 5.75 Å². The number of phenolic OH excluding ortho intramolecular Hbond substituents is 1. The number of phenols is 1. The van der Waals surface area contributed by atoms with Crippen LogP contribution in [0.5, 0.6) is 5.75 Å². The number of imidazole rings is 1. The Morgan fingerprint density at radius 3 is 1.94 bits per heavy atom. The van der Waals surface area contributed by atoms with Crippen LogP contribution in [0.3, 0.4) is 0 Å². The van der Waals surface area contributed by atoms with Gasteiger partial charge in [0.2, 0.25) is 0 Å². The van der Waals surface area contributed by atoms with Crippen molar-refractivity contribution in [1.29, 1.82) is 0 Å². The number of nitrogens with zero attached hydrogens (tertiary/aromatic N) is 4. The van der Waals surface area contributed by atoms with Gasteiger partial charge in [-0.1, -0.05) is 36.9 Å². The van der Waals surface area contributed by atoms with Crippen LogP contribution in [0.4, 0.5) is 11.4 Å². The highest BCUT2D eigenvalue weighted by Gasteiger charge is 2.27. The summed E-state index contributed by atoms with van der Waals surface area (Å²) in [4.78, 5) is 9.23. The first kappa shape index (κ1) is 21.6. The van der Waals surface area contributed by atoms with Gasteiger partial charge in [-0.3, -0.25) is 4.57 Å². The second kappa shape index (κ2) is 8.27. The van der Waals surface area contributed by atoms with Crippen LogP contribution in [0, 0.1) is 0 Å². The largest absolute Gasteiger partial charge is 0.507 e. The van der Waals surface area contributed by atoms with E-state index in [9.17, 15) is 5.11 Å². The van der Waals surface area contributed by atoms with Gasteiger partial charge < -0.3 is 14.9 Å². The molecule has 2 heterocycles. The van der Waals surface area contributed by atoms with Gasteiger partial charge in [0.05, 0.1) is 16.6 Å².